The SMILES string of the molecule is O=C(O[C@@H]1C(=Cc2ccccc2F)N2CCC1CC2)c1ccccc1. The molecule has 0 amide bonds. The Morgan fingerprint density at radius 2 is 1.72 bits per heavy atom. The quantitative estimate of drug-likeness (QED) is 0.789. The molecule has 3 nitrogen and oxygen atoms in total. The van der Waals surface area contributed by atoms with Crippen molar-refractivity contribution in [3.05, 3.63) is 77.2 Å². The van der Waals surface area contributed by atoms with Crippen LogP contribution in [-0.2, 0) is 4.74 Å². The number of benzene rings is 2. The molecule has 3 aliphatic heterocycles. The number of carbonyl (C=O) groups is 1. The van der Waals surface area contributed by atoms with Gasteiger partial charge >= 0.3 is 5.97 Å². The molecule has 4 heteroatoms. The van der Waals surface area contributed by atoms with Gasteiger partial charge in [0.2, 0.25) is 0 Å². The van der Waals surface area contributed by atoms with E-state index in [1.165, 1.54) is 6.07 Å². The van der Waals surface area contributed by atoms with Crippen LogP contribution in [0, 0.1) is 11.7 Å². The summed E-state index contributed by atoms with van der Waals surface area (Å²) in [5, 5.41) is 0. The summed E-state index contributed by atoms with van der Waals surface area (Å²) in [6, 6.07) is 15.7. The summed E-state index contributed by atoms with van der Waals surface area (Å²) in [6.07, 6.45) is 3.53. The molecule has 25 heavy (non-hydrogen) atoms. The van der Waals surface area contributed by atoms with Crippen LogP contribution in [0.5, 0.6) is 0 Å². The Morgan fingerprint density at radius 3 is 2.44 bits per heavy atom. The van der Waals surface area contributed by atoms with Gasteiger partial charge in [-0.25, -0.2) is 9.18 Å². The highest BCUT2D eigenvalue weighted by Crippen LogP contribution is 2.38. The van der Waals surface area contributed by atoms with Crippen LogP contribution in [0.15, 0.2) is 60.3 Å². The zero-order valence-electron chi connectivity index (χ0n) is 13.9. The van der Waals surface area contributed by atoms with Crippen LogP contribution in [0.3, 0.4) is 0 Å². The van der Waals surface area contributed by atoms with Crippen LogP contribution in [0.25, 0.3) is 6.08 Å². The first-order chi connectivity index (χ1) is 12.2. The van der Waals surface area contributed by atoms with Crippen LogP contribution in [0.2, 0.25) is 0 Å². The van der Waals surface area contributed by atoms with Gasteiger partial charge in [-0.1, -0.05) is 36.4 Å². The minimum atomic E-state index is -0.321. The Hall–Kier alpha value is -2.62. The Bertz CT molecular complexity index is 795. The molecule has 128 valence electrons. The van der Waals surface area contributed by atoms with Gasteiger partial charge in [-0.05, 0) is 37.1 Å². The lowest BCUT2D eigenvalue weighted by Gasteiger charge is -2.47. The number of fused-ring (bicyclic) bond motifs is 3. The van der Waals surface area contributed by atoms with E-state index in [2.05, 4.69) is 4.90 Å². The fourth-order valence-electron chi connectivity index (χ4n) is 3.72. The smallest absolute Gasteiger partial charge is 0.338 e. The Balaban J connectivity index is 1.64. The van der Waals surface area contributed by atoms with Gasteiger partial charge in [0.1, 0.15) is 11.9 Å². The first-order valence-electron chi connectivity index (χ1n) is 8.69. The predicted molar refractivity (Wildman–Crippen MR) is 94.3 cm³/mol. The van der Waals surface area contributed by atoms with Crippen LogP contribution >= 0.6 is 0 Å². The lowest BCUT2D eigenvalue weighted by Crippen LogP contribution is -2.50. The third-order valence-electron chi connectivity index (χ3n) is 5.08. The minimum absolute atomic E-state index is 0.259. The average molecular weight is 337 g/mol. The number of esters is 1. The lowest BCUT2D eigenvalue weighted by molar-refractivity contribution is -0.0161. The maximum atomic E-state index is 14.1. The number of nitrogens with zero attached hydrogens (tertiary/aromatic N) is 1. The number of hydrogen-bond donors (Lipinski definition) is 0. The van der Waals surface area contributed by atoms with E-state index in [0.29, 0.717) is 17.0 Å². The molecule has 0 aliphatic carbocycles. The third-order valence-corrected chi connectivity index (χ3v) is 5.08. The molecule has 3 heterocycles. The van der Waals surface area contributed by atoms with Crippen molar-refractivity contribution in [2.45, 2.75) is 18.9 Å². The topological polar surface area (TPSA) is 29.5 Å². The van der Waals surface area contributed by atoms with E-state index in [1.807, 2.05) is 30.3 Å². The van der Waals surface area contributed by atoms with Crippen LogP contribution in [-0.4, -0.2) is 30.1 Å². The van der Waals surface area contributed by atoms with Crippen LogP contribution in [0.4, 0.5) is 4.39 Å². The highest BCUT2D eigenvalue weighted by molar-refractivity contribution is 5.89. The van der Waals surface area contributed by atoms with Gasteiger partial charge in [-0.2, -0.15) is 0 Å². The van der Waals surface area contributed by atoms with Crippen molar-refractivity contribution in [1.82, 2.24) is 4.90 Å². The van der Waals surface area contributed by atoms with Crippen molar-refractivity contribution in [3.8, 4) is 0 Å². The van der Waals surface area contributed by atoms with Gasteiger partial charge in [0.15, 0.2) is 0 Å². The Kier molecular flexibility index (Phi) is 4.26. The molecule has 3 saturated heterocycles. The van der Waals surface area contributed by atoms with Gasteiger partial charge in [0.05, 0.1) is 11.3 Å². The summed E-state index contributed by atoms with van der Waals surface area (Å²) in [6.45, 7) is 1.87. The second-order valence-corrected chi connectivity index (χ2v) is 6.61. The summed E-state index contributed by atoms with van der Waals surface area (Å²) in [7, 11) is 0. The molecule has 0 N–H and O–H groups in total. The normalized spacial score (nSPS) is 23.7. The summed E-state index contributed by atoms with van der Waals surface area (Å²) in [4.78, 5) is 14.7. The second-order valence-electron chi connectivity index (χ2n) is 6.61. The molecule has 0 spiro atoms. The van der Waals surface area contributed by atoms with Crippen LogP contribution in [0.1, 0.15) is 28.8 Å². The highest BCUT2D eigenvalue weighted by Gasteiger charge is 2.40. The number of hydrogen-bond acceptors (Lipinski definition) is 3. The maximum Gasteiger partial charge on any atom is 0.338 e. The number of piperidine rings is 3. The van der Waals surface area contributed by atoms with Crippen molar-refractivity contribution < 1.29 is 13.9 Å². The van der Waals surface area contributed by atoms with E-state index in [1.54, 1.807) is 24.3 Å². The highest BCUT2D eigenvalue weighted by atomic mass is 19.1. The molecule has 3 aliphatic rings. The molecule has 0 radical (unpaired) electrons. The molecule has 0 aromatic heterocycles. The number of rotatable bonds is 3. The first-order valence-corrected chi connectivity index (χ1v) is 8.69. The van der Waals surface area contributed by atoms with Crippen molar-refractivity contribution in [3.63, 3.8) is 0 Å². The molecule has 0 unspecified atom stereocenters. The molecule has 2 aromatic rings. The summed E-state index contributed by atoms with van der Waals surface area (Å²) >= 11 is 0. The van der Waals surface area contributed by atoms with Crippen molar-refractivity contribution in [1.29, 1.82) is 0 Å². The lowest BCUT2D eigenvalue weighted by atomic mass is 9.82. The minimum Gasteiger partial charge on any atom is -0.452 e. The van der Waals surface area contributed by atoms with Crippen molar-refractivity contribution >= 4 is 12.0 Å². The summed E-state index contributed by atoms with van der Waals surface area (Å²) in [5.41, 5.74) is 1.99. The monoisotopic (exact) mass is 337 g/mol. The van der Waals surface area contributed by atoms with Crippen molar-refractivity contribution in [2.24, 2.45) is 5.92 Å². The molecule has 2 aromatic carbocycles. The van der Waals surface area contributed by atoms with Gasteiger partial charge in [0, 0.05) is 24.6 Å². The van der Waals surface area contributed by atoms with Crippen molar-refractivity contribution in [2.75, 3.05) is 13.1 Å². The largest absolute Gasteiger partial charge is 0.452 e. The molecular weight excluding hydrogens is 317 g/mol. The Labute approximate surface area is 146 Å². The van der Waals surface area contributed by atoms with E-state index in [4.69, 9.17) is 4.74 Å². The molecular formula is C21H20FNO2. The number of carbonyl (C=O) groups excluding carboxylic acids is 1. The van der Waals surface area contributed by atoms with Crippen LogP contribution < -0.4 is 0 Å². The molecule has 1 atom stereocenters. The standard InChI is InChI=1S/C21H20FNO2/c22-18-9-5-4-8-17(18)14-19-20(15-10-12-23(19)13-11-15)25-21(24)16-6-2-1-3-7-16/h1-9,14-15,20H,10-13H2/t20-/m0/s1. The van der Waals surface area contributed by atoms with E-state index >= 15 is 0 Å². The fraction of sp³-hybridized carbons (Fsp3) is 0.286. The molecule has 5 rings (SSSR count). The van der Waals surface area contributed by atoms with E-state index in [-0.39, 0.29) is 17.9 Å². The average Bonchev–Trinajstić information content (AvgIpc) is 2.66. The van der Waals surface area contributed by atoms with Gasteiger partial charge < -0.3 is 9.64 Å². The zero-order chi connectivity index (χ0) is 17.2. The van der Waals surface area contributed by atoms with Gasteiger partial charge in [-0.3, -0.25) is 0 Å². The first kappa shape index (κ1) is 15.9. The van der Waals surface area contributed by atoms with E-state index in [9.17, 15) is 9.18 Å². The number of halogens is 1. The van der Waals surface area contributed by atoms with E-state index < -0.39 is 0 Å². The maximum absolute atomic E-state index is 14.1. The van der Waals surface area contributed by atoms with E-state index in [0.717, 1.165) is 31.6 Å². The predicted octanol–water partition coefficient (Wildman–Crippen LogP) is 4.12. The molecule has 0 saturated carbocycles. The van der Waals surface area contributed by atoms with Gasteiger partial charge in [-0.15, -0.1) is 0 Å². The number of ether oxygens (including phenoxy) is 1. The fourth-order valence-corrected chi connectivity index (χ4v) is 3.72. The summed E-state index contributed by atoms with van der Waals surface area (Å²) < 4.78 is 19.9. The van der Waals surface area contributed by atoms with Gasteiger partial charge in [0.25, 0.3) is 0 Å². The summed E-state index contributed by atoms with van der Waals surface area (Å²) in [5.74, 6) is -0.278. The molecule has 2 bridgehead atoms. The molecule has 3 fully saturated rings. The second kappa shape index (κ2) is 6.71. The zero-order valence-corrected chi connectivity index (χ0v) is 13.9. The third kappa shape index (κ3) is 3.16. The Morgan fingerprint density at radius 1 is 1.04 bits per heavy atom.